The van der Waals surface area contributed by atoms with Crippen molar-refractivity contribution in [3.63, 3.8) is 0 Å². The Kier molecular flexibility index (Phi) is 6.68. The molecule has 0 bridgehead atoms. The van der Waals surface area contributed by atoms with Crippen LogP contribution in [0.15, 0.2) is 72.8 Å². The maximum atomic E-state index is 13.4. The Balaban J connectivity index is 1.68. The molecule has 3 aromatic rings. The molecule has 1 unspecified atom stereocenters. The van der Waals surface area contributed by atoms with Crippen molar-refractivity contribution in [1.82, 2.24) is 9.80 Å². The van der Waals surface area contributed by atoms with Crippen molar-refractivity contribution < 1.29 is 9.13 Å². The Hall–Kier alpha value is -2.40. The molecule has 1 aliphatic heterocycles. The van der Waals surface area contributed by atoms with Gasteiger partial charge in [0.1, 0.15) is 11.6 Å². The van der Waals surface area contributed by atoms with Crippen molar-refractivity contribution in [2.45, 2.75) is 25.7 Å². The second kappa shape index (κ2) is 9.61. The number of para-hydroxylation sites is 1. The molecule has 30 heavy (non-hydrogen) atoms. The number of nitrogens with zero attached hydrogens (tertiary/aromatic N) is 2. The van der Waals surface area contributed by atoms with Crippen molar-refractivity contribution in [2.75, 3.05) is 20.2 Å². The van der Waals surface area contributed by atoms with Crippen molar-refractivity contribution in [2.24, 2.45) is 0 Å². The Bertz CT molecular complexity index is 979. The Morgan fingerprint density at radius 1 is 0.900 bits per heavy atom. The fourth-order valence-corrected chi connectivity index (χ4v) is 4.46. The van der Waals surface area contributed by atoms with E-state index in [9.17, 15) is 4.39 Å². The first-order chi connectivity index (χ1) is 14.6. The van der Waals surface area contributed by atoms with Crippen molar-refractivity contribution >= 4 is 11.6 Å². The van der Waals surface area contributed by atoms with Gasteiger partial charge < -0.3 is 4.74 Å². The molecule has 156 valence electrons. The van der Waals surface area contributed by atoms with Gasteiger partial charge >= 0.3 is 0 Å². The molecule has 3 nitrogen and oxygen atoms in total. The molecule has 4 rings (SSSR count). The van der Waals surface area contributed by atoms with E-state index in [2.05, 4.69) is 28.0 Å². The summed E-state index contributed by atoms with van der Waals surface area (Å²) in [7, 11) is 1.72. The number of ether oxygens (including phenoxy) is 1. The number of benzene rings is 3. The van der Waals surface area contributed by atoms with E-state index >= 15 is 0 Å². The molecule has 0 aliphatic carbocycles. The van der Waals surface area contributed by atoms with E-state index in [1.807, 2.05) is 42.5 Å². The van der Waals surface area contributed by atoms with Crippen LogP contribution in [0.5, 0.6) is 5.75 Å². The molecule has 0 spiro atoms. The van der Waals surface area contributed by atoms with Crippen LogP contribution in [0, 0.1) is 5.82 Å². The van der Waals surface area contributed by atoms with Crippen LogP contribution in [-0.2, 0) is 13.1 Å². The fourth-order valence-electron chi connectivity index (χ4n) is 4.25. The lowest BCUT2D eigenvalue weighted by molar-refractivity contribution is -0.0103. The molecule has 5 heteroatoms. The number of rotatable bonds is 6. The van der Waals surface area contributed by atoms with Gasteiger partial charge in [0.05, 0.1) is 13.3 Å². The van der Waals surface area contributed by atoms with Crippen LogP contribution in [-0.4, -0.2) is 30.0 Å². The van der Waals surface area contributed by atoms with E-state index in [0.29, 0.717) is 0 Å². The number of hydrogen-bond acceptors (Lipinski definition) is 3. The van der Waals surface area contributed by atoms with Gasteiger partial charge in [-0.1, -0.05) is 54.1 Å². The SMILES string of the molecule is COc1ccccc1C1N(Cc2ccc(F)cc2)CCCN1Cc1cccc(Cl)c1. The molecule has 1 aliphatic rings. The molecule has 3 aromatic carbocycles. The van der Waals surface area contributed by atoms with E-state index in [0.717, 1.165) is 54.5 Å². The normalized spacial score (nSPS) is 17.8. The van der Waals surface area contributed by atoms with E-state index in [1.54, 1.807) is 7.11 Å². The summed E-state index contributed by atoms with van der Waals surface area (Å²) in [6.07, 6.45) is 1.12. The molecular weight excluding hydrogens is 399 g/mol. The predicted molar refractivity (Wildman–Crippen MR) is 119 cm³/mol. The van der Waals surface area contributed by atoms with Crippen LogP contribution in [0.4, 0.5) is 4.39 Å². The van der Waals surface area contributed by atoms with Gasteiger partial charge in [0.25, 0.3) is 0 Å². The summed E-state index contributed by atoms with van der Waals surface area (Å²) in [6.45, 7) is 3.49. The molecule has 0 saturated carbocycles. The second-order valence-corrected chi connectivity index (χ2v) is 8.10. The van der Waals surface area contributed by atoms with Crippen molar-refractivity contribution in [3.8, 4) is 5.75 Å². The molecule has 0 N–H and O–H groups in total. The van der Waals surface area contributed by atoms with Crippen LogP contribution in [0.1, 0.15) is 29.3 Å². The minimum atomic E-state index is -0.207. The van der Waals surface area contributed by atoms with Gasteiger partial charge in [-0.05, 0) is 47.9 Å². The van der Waals surface area contributed by atoms with E-state index < -0.39 is 0 Å². The third-order valence-corrected chi connectivity index (χ3v) is 5.81. The molecule has 0 amide bonds. The highest BCUT2D eigenvalue weighted by atomic mass is 35.5. The zero-order chi connectivity index (χ0) is 20.9. The highest BCUT2D eigenvalue weighted by Gasteiger charge is 2.32. The topological polar surface area (TPSA) is 15.7 Å². The maximum absolute atomic E-state index is 13.4. The van der Waals surface area contributed by atoms with Gasteiger partial charge in [-0.15, -0.1) is 0 Å². The minimum Gasteiger partial charge on any atom is -0.496 e. The van der Waals surface area contributed by atoms with Crippen LogP contribution in [0.2, 0.25) is 5.02 Å². The van der Waals surface area contributed by atoms with Gasteiger partial charge in [-0.2, -0.15) is 0 Å². The maximum Gasteiger partial charge on any atom is 0.124 e. The lowest BCUT2D eigenvalue weighted by atomic mass is 10.0. The standard InChI is InChI=1S/C25H26ClFN2O/c1-30-24-9-3-2-8-23(24)25-28(17-19-10-12-22(27)13-11-19)14-5-15-29(25)18-20-6-4-7-21(26)16-20/h2-4,6-13,16,25H,5,14-15,17-18H2,1H3. The number of halogens is 2. The highest BCUT2D eigenvalue weighted by molar-refractivity contribution is 6.30. The lowest BCUT2D eigenvalue weighted by Gasteiger charge is -2.44. The van der Waals surface area contributed by atoms with E-state index in [1.165, 1.54) is 17.7 Å². The molecule has 1 saturated heterocycles. The molecule has 0 radical (unpaired) electrons. The molecule has 0 aromatic heterocycles. The third kappa shape index (κ3) is 4.84. The monoisotopic (exact) mass is 424 g/mol. The largest absolute Gasteiger partial charge is 0.496 e. The lowest BCUT2D eigenvalue weighted by Crippen LogP contribution is -2.47. The summed E-state index contributed by atoms with van der Waals surface area (Å²) in [4.78, 5) is 4.91. The minimum absolute atomic E-state index is 0.0546. The number of methoxy groups -OCH3 is 1. The summed E-state index contributed by atoms with van der Waals surface area (Å²) in [5, 5.41) is 0.751. The molecular formula is C25H26ClFN2O. The first-order valence-electron chi connectivity index (χ1n) is 10.2. The van der Waals surface area contributed by atoms with Crippen molar-refractivity contribution in [1.29, 1.82) is 0 Å². The Morgan fingerprint density at radius 2 is 1.60 bits per heavy atom. The average molecular weight is 425 g/mol. The second-order valence-electron chi connectivity index (χ2n) is 7.67. The smallest absolute Gasteiger partial charge is 0.124 e. The van der Waals surface area contributed by atoms with Crippen molar-refractivity contribution in [3.05, 3.63) is 100 Å². The summed E-state index contributed by atoms with van der Waals surface area (Å²) in [5.74, 6) is 0.672. The van der Waals surface area contributed by atoms with Gasteiger partial charge in [0.15, 0.2) is 0 Å². The fraction of sp³-hybridized carbons (Fsp3) is 0.280. The van der Waals surface area contributed by atoms with Crippen LogP contribution >= 0.6 is 11.6 Å². The first-order valence-corrected chi connectivity index (χ1v) is 10.6. The van der Waals surface area contributed by atoms with Crippen LogP contribution in [0.3, 0.4) is 0 Å². The van der Waals surface area contributed by atoms with Gasteiger partial charge in [0.2, 0.25) is 0 Å². The molecule has 1 fully saturated rings. The zero-order valence-corrected chi connectivity index (χ0v) is 17.9. The summed E-state index contributed by atoms with van der Waals surface area (Å²) in [5.41, 5.74) is 3.43. The van der Waals surface area contributed by atoms with E-state index in [4.69, 9.17) is 16.3 Å². The molecule has 1 heterocycles. The molecule has 1 atom stereocenters. The Morgan fingerprint density at radius 3 is 2.30 bits per heavy atom. The Labute approximate surface area is 182 Å². The zero-order valence-electron chi connectivity index (χ0n) is 17.1. The highest BCUT2D eigenvalue weighted by Crippen LogP contribution is 2.36. The quantitative estimate of drug-likeness (QED) is 0.490. The van der Waals surface area contributed by atoms with E-state index in [-0.39, 0.29) is 12.0 Å². The summed E-state index contributed by atoms with van der Waals surface area (Å²) in [6, 6.07) is 23.0. The third-order valence-electron chi connectivity index (χ3n) is 5.57. The first kappa shape index (κ1) is 20.9. The van der Waals surface area contributed by atoms with Gasteiger partial charge in [0, 0.05) is 36.8 Å². The van der Waals surface area contributed by atoms with Gasteiger partial charge in [-0.3, -0.25) is 9.80 Å². The predicted octanol–water partition coefficient (Wildman–Crippen LogP) is 5.89. The van der Waals surface area contributed by atoms with Crippen LogP contribution < -0.4 is 4.74 Å². The van der Waals surface area contributed by atoms with Crippen LogP contribution in [0.25, 0.3) is 0 Å². The summed E-state index contributed by atoms with van der Waals surface area (Å²) >= 11 is 6.23. The average Bonchev–Trinajstić information content (AvgIpc) is 2.76. The van der Waals surface area contributed by atoms with Gasteiger partial charge in [-0.25, -0.2) is 4.39 Å². The number of hydrogen-bond donors (Lipinski definition) is 0. The summed E-state index contributed by atoms with van der Waals surface area (Å²) < 4.78 is 19.1.